The second kappa shape index (κ2) is 7.44. The Balaban J connectivity index is 2.84. The van der Waals surface area contributed by atoms with Crippen LogP contribution in [-0.4, -0.2) is 32.0 Å². The zero-order valence-corrected chi connectivity index (χ0v) is 13.6. The van der Waals surface area contributed by atoms with Gasteiger partial charge in [-0.15, -0.1) is 0 Å². The molecule has 0 aromatic heterocycles. The van der Waals surface area contributed by atoms with E-state index >= 15 is 0 Å². The summed E-state index contributed by atoms with van der Waals surface area (Å²) in [6, 6.07) is 4.31. The smallest absolute Gasteiger partial charge is 0.240 e. The molecule has 0 heterocycles. The molecule has 0 amide bonds. The fraction of sp³-hybridized carbons (Fsp3) is 0.364. The van der Waals surface area contributed by atoms with Crippen LogP contribution in [0.25, 0.3) is 0 Å². The molecule has 4 nitrogen and oxygen atoms in total. The highest BCUT2D eigenvalue weighted by molar-refractivity contribution is 7.98. The Kier molecular flexibility index (Phi) is 6.55. The number of hydrogen-bond acceptors (Lipinski definition) is 4. The van der Waals surface area contributed by atoms with Crippen molar-refractivity contribution in [1.29, 1.82) is 0 Å². The molecule has 1 rings (SSSR count). The van der Waals surface area contributed by atoms with Crippen molar-refractivity contribution in [2.24, 2.45) is 5.73 Å². The maximum Gasteiger partial charge on any atom is 0.240 e. The minimum absolute atomic E-state index is 0.113. The number of hydrogen-bond donors (Lipinski definition) is 2. The van der Waals surface area contributed by atoms with Crippen molar-refractivity contribution >= 4 is 50.6 Å². The average Bonchev–Trinajstić information content (AvgIpc) is 2.34. The zero-order chi connectivity index (χ0) is 14.5. The van der Waals surface area contributed by atoms with E-state index in [1.54, 1.807) is 11.8 Å². The Labute approximate surface area is 128 Å². The van der Waals surface area contributed by atoms with Crippen molar-refractivity contribution in [2.45, 2.75) is 11.3 Å². The highest BCUT2D eigenvalue weighted by Gasteiger charge is 2.15. The summed E-state index contributed by atoms with van der Waals surface area (Å²) in [5.41, 5.74) is 5.94. The molecule has 0 radical (unpaired) electrons. The highest BCUT2D eigenvalue weighted by Crippen LogP contribution is 2.20. The van der Waals surface area contributed by atoms with Gasteiger partial charge >= 0.3 is 0 Å². The van der Waals surface area contributed by atoms with Gasteiger partial charge in [0, 0.05) is 12.1 Å². The monoisotopic (exact) mass is 338 g/mol. The molecule has 8 heteroatoms. The molecule has 0 spiro atoms. The van der Waals surface area contributed by atoms with E-state index in [9.17, 15) is 8.42 Å². The van der Waals surface area contributed by atoms with Gasteiger partial charge in [0.15, 0.2) is 0 Å². The van der Waals surface area contributed by atoms with Gasteiger partial charge in [0.1, 0.15) is 4.99 Å². The summed E-state index contributed by atoms with van der Waals surface area (Å²) in [4.78, 5) is 0.253. The number of nitrogens with one attached hydrogen (secondary N) is 1. The quantitative estimate of drug-likeness (QED) is 0.587. The van der Waals surface area contributed by atoms with Gasteiger partial charge in [-0.25, -0.2) is 13.1 Å². The minimum Gasteiger partial charge on any atom is -0.389 e. The van der Waals surface area contributed by atoms with Gasteiger partial charge in [0.05, 0.1) is 9.92 Å². The molecule has 0 fully saturated rings. The summed E-state index contributed by atoms with van der Waals surface area (Å²) in [6.07, 6.45) is 2.75. The van der Waals surface area contributed by atoms with E-state index in [2.05, 4.69) is 4.72 Å². The van der Waals surface area contributed by atoms with Crippen molar-refractivity contribution in [3.63, 3.8) is 0 Å². The predicted octanol–water partition coefficient (Wildman–Crippen LogP) is 2.01. The fourth-order valence-electron chi connectivity index (χ4n) is 1.37. The van der Waals surface area contributed by atoms with Gasteiger partial charge < -0.3 is 5.73 Å². The molecule has 106 valence electrons. The molecule has 1 aromatic rings. The Morgan fingerprint density at radius 2 is 2.21 bits per heavy atom. The van der Waals surface area contributed by atoms with Gasteiger partial charge in [-0.3, -0.25) is 0 Å². The first-order valence-corrected chi connectivity index (χ1v) is 9.13. The summed E-state index contributed by atoms with van der Waals surface area (Å²) in [5, 5.41) is 0.236. The van der Waals surface area contributed by atoms with Crippen molar-refractivity contribution in [3.05, 3.63) is 28.8 Å². The van der Waals surface area contributed by atoms with Gasteiger partial charge in [-0.2, -0.15) is 11.8 Å². The zero-order valence-electron chi connectivity index (χ0n) is 10.3. The van der Waals surface area contributed by atoms with Crippen LogP contribution in [0.15, 0.2) is 23.1 Å². The molecular weight excluding hydrogens is 324 g/mol. The van der Waals surface area contributed by atoms with E-state index < -0.39 is 10.0 Å². The summed E-state index contributed by atoms with van der Waals surface area (Å²) in [7, 11) is -3.53. The van der Waals surface area contributed by atoms with Crippen LogP contribution in [0.3, 0.4) is 0 Å². The molecular formula is C11H15ClN2O2S3. The third-order valence-corrected chi connectivity index (χ3v) is 5.02. The number of thiocarbonyl (C=S) groups is 1. The topological polar surface area (TPSA) is 72.2 Å². The third-order valence-electron chi connectivity index (χ3n) is 2.33. The lowest BCUT2D eigenvalue weighted by Crippen LogP contribution is -2.25. The minimum atomic E-state index is -3.53. The number of nitrogens with two attached hydrogens (primary N) is 1. The lowest BCUT2D eigenvalue weighted by Gasteiger charge is -2.08. The normalized spacial score (nSPS) is 11.5. The summed E-state index contributed by atoms with van der Waals surface area (Å²) in [5.74, 6) is 0.906. The molecule has 0 atom stereocenters. The van der Waals surface area contributed by atoms with Crippen LogP contribution in [0, 0.1) is 0 Å². The van der Waals surface area contributed by atoms with Crippen LogP contribution >= 0.6 is 35.6 Å². The number of benzene rings is 1. The molecule has 0 aliphatic rings. The van der Waals surface area contributed by atoms with Crippen LogP contribution in [0.4, 0.5) is 0 Å². The number of sulfonamides is 1. The summed E-state index contributed by atoms with van der Waals surface area (Å²) in [6.45, 7) is 0.401. The van der Waals surface area contributed by atoms with Crippen molar-refractivity contribution in [1.82, 2.24) is 4.72 Å². The largest absolute Gasteiger partial charge is 0.389 e. The molecule has 19 heavy (non-hydrogen) atoms. The molecule has 1 aromatic carbocycles. The standard InChI is InChI=1S/C11H15ClN2O2S3/c1-18-6-2-5-14-19(15,16)8-3-4-9(11(13)17)10(12)7-8/h3-4,7,14H,2,5-6H2,1H3,(H2,13,17). The molecule has 0 aliphatic carbocycles. The number of halogens is 1. The van der Waals surface area contributed by atoms with E-state index in [1.165, 1.54) is 18.2 Å². The Hall–Kier alpha value is -0.340. The fourth-order valence-corrected chi connectivity index (χ4v) is 3.48. The third kappa shape index (κ3) is 4.92. The number of thioether (sulfide) groups is 1. The lowest BCUT2D eigenvalue weighted by molar-refractivity contribution is 0.581. The van der Waals surface area contributed by atoms with Gasteiger partial charge in [-0.1, -0.05) is 23.8 Å². The Morgan fingerprint density at radius 1 is 1.53 bits per heavy atom. The van der Waals surface area contributed by atoms with E-state index in [4.69, 9.17) is 29.6 Å². The first kappa shape index (κ1) is 16.7. The van der Waals surface area contributed by atoms with Gasteiger partial charge in [0.2, 0.25) is 10.0 Å². The van der Waals surface area contributed by atoms with E-state index in [-0.39, 0.29) is 14.9 Å². The summed E-state index contributed by atoms with van der Waals surface area (Å²) < 4.78 is 26.5. The van der Waals surface area contributed by atoms with E-state index in [1.807, 2.05) is 6.26 Å². The van der Waals surface area contributed by atoms with Crippen LogP contribution in [0.1, 0.15) is 12.0 Å². The molecule has 0 aliphatic heterocycles. The summed E-state index contributed by atoms with van der Waals surface area (Å²) >= 11 is 12.4. The van der Waals surface area contributed by atoms with Crippen molar-refractivity contribution in [2.75, 3.05) is 18.6 Å². The second-order valence-corrected chi connectivity index (χ2v) is 7.35. The Morgan fingerprint density at radius 3 is 2.74 bits per heavy atom. The van der Waals surface area contributed by atoms with Crippen LogP contribution < -0.4 is 10.5 Å². The van der Waals surface area contributed by atoms with Crippen molar-refractivity contribution < 1.29 is 8.42 Å². The number of rotatable bonds is 7. The first-order chi connectivity index (χ1) is 8.88. The SMILES string of the molecule is CSCCCNS(=O)(=O)c1ccc(C(N)=S)c(Cl)c1. The average molecular weight is 339 g/mol. The molecule has 0 unspecified atom stereocenters. The predicted molar refractivity (Wildman–Crippen MR) is 85.5 cm³/mol. The molecule has 3 N–H and O–H groups in total. The van der Waals surface area contributed by atoms with Crippen molar-refractivity contribution in [3.8, 4) is 0 Å². The first-order valence-electron chi connectivity index (χ1n) is 5.46. The maximum absolute atomic E-state index is 12.0. The van der Waals surface area contributed by atoms with Gasteiger partial charge in [0.25, 0.3) is 0 Å². The lowest BCUT2D eigenvalue weighted by atomic mass is 10.2. The molecule has 0 saturated carbocycles. The Bertz CT molecular complexity index is 561. The van der Waals surface area contributed by atoms with E-state index in [0.29, 0.717) is 12.1 Å². The molecule has 0 saturated heterocycles. The van der Waals surface area contributed by atoms with Crippen LogP contribution in [0.2, 0.25) is 5.02 Å². The van der Waals surface area contributed by atoms with E-state index in [0.717, 1.165) is 12.2 Å². The molecule has 0 bridgehead atoms. The highest BCUT2D eigenvalue weighted by atomic mass is 35.5. The second-order valence-electron chi connectivity index (χ2n) is 3.75. The maximum atomic E-state index is 12.0. The van der Waals surface area contributed by atoms with Gasteiger partial charge in [-0.05, 0) is 36.6 Å². The van der Waals surface area contributed by atoms with Crippen LogP contribution in [-0.2, 0) is 10.0 Å². The van der Waals surface area contributed by atoms with Crippen LogP contribution in [0.5, 0.6) is 0 Å².